The molecule has 1 unspecified atom stereocenters. The Bertz CT molecular complexity index is 1150. The maximum absolute atomic E-state index is 13.2. The summed E-state index contributed by atoms with van der Waals surface area (Å²) in [5.41, 5.74) is 4.94. The molecule has 1 atom stereocenters. The first-order chi connectivity index (χ1) is 14.6. The Kier molecular flexibility index (Phi) is 5.54. The van der Waals surface area contributed by atoms with Crippen LogP contribution in [-0.4, -0.2) is 17.5 Å². The Morgan fingerprint density at radius 3 is 2.00 bits per heavy atom. The molecule has 0 radical (unpaired) electrons. The number of amides is 3. The van der Waals surface area contributed by atoms with E-state index in [9.17, 15) is 9.59 Å². The zero-order valence-electron chi connectivity index (χ0n) is 17.5. The van der Waals surface area contributed by atoms with Crippen molar-refractivity contribution in [2.45, 2.75) is 32.7 Å². The van der Waals surface area contributed by atoms with Gasteiger partial charge in [0.2, 0.25) is 0 Å². The third-order valence-electron chi connectivity index (χ3n) is 5.43. The number of carbonyl (C=O) groups is 2. The van der Waals surface area contributed by atoms with Gasteiger partial charge in [0.15, 0.2) is 0 Å². The highest BCUT2D eigenvalue weighted by Gasteiger charge is 2.48. The molecule has 3 amide bonds. The number of halogens is 2. The van der Waals surface area contributed by atoms with E-state index >= 15 is 0 Å². The highest BCUT2D eigenvalue weighted by Crippen LogP contribution is 2.32. The molecule has 4 nitrogen and oxygen atoms in total. The lowest BCUT2D eigenvalue weighted by atomic mass is 9.91. The summed E-state index contributed by atoms with van der Waals surface area (Å²) in [4.78, 5) is 26.9. The predicted molar refractivity (Wildman–Crippen MR) is 126 cm³/mol. The van der Waals surface area contributed by atoms with Gasteiger partial charge in [0.1, 0.15) is 5.54 Å². The molecule has 4 rings (SSSR count). The molecule has 0 aromatic heterocycles. The van der Waals surface area contributed by atoms with Gasteiger partial charge in [0, 0.05) is 16.5 Å². The van der Waals surface area contributed by atoms with Crippen LogP contribution in [0.2, 0.25) is 10.0 Å². The second kappa shape index (κ2) is 8.03. The van der Waals surface area contributed by atoms with E-state index in [4.69, 9.17) is 23.2 Å². The van der Waals surface area contributed by atoms with Crippen molar-refractivity contribution in [2.24, 2.45) is 0 Å². The summed E-state index contributed by atoms with van der Waals surface area (Å²) >= 11 is 12.1. The molecule has 31 heavy (non-hydrogen) atoms. The number of aryl methyl sites for hydroxylation is 2. The van der Waals surface area contributed by atoms with Gasteiger partial charge >= 0.3 is 6.03 Å². The molecular weight excluding hydrogens is 431 g/mol. The smallest absolute Gasteiger partial charge is 0.323 e. The molecule has 0 bridgehead atoms. The van der Waals surface area contributed by atoms with Crippen molar-refractivity contribution in [3.05, 3.63) is 87.4 Å². The lowest BCUT2D eigenvalue weighted by molar-refractivity contribution is -0.121. The van der Waals surface area contributed by atoms with Crippen LogP contribution in [0.1, 0.15) is 23.6 Å². The SMILES string of the molecule is Cc1cc(C)cc(-c2ccc(CC3(C)NC(=O)N(c4cc(Cl)cc(Cl)c4)C3=O)cc2)c1. The molecule has 1 aliphatic heterocycles. The van der Waals surface area contributed by atoms with Crippen LogP contribution in [0, 0.1) is 13.8 Å². The summed E-state index contributed by atoms with van der Waals surface area (Å²) in [5.74, 6) is -0.339. The Hall–Kier alpha value is -2.82. The van der Waals surface area contributed by atoms with Crippen molar-refractivity contribution in [2.75, 3.05) is 4.90 Å². The highest BCUT2D eigenvalue weighted by atomic mass is 35.5. The summed E-state index contributed by atoms with van der Waals surface area (Å²) in [7, 11) is 0. The zero-order chi connectivity index (χ0) is 22.3. The highest BCUT2D eigenvalue weighted by molar-refractivity contribution is 6.35. The second-order valence-electron chi connectivity index (χ2n) is 8.28. The van der Waals surface area contributed by atoms with Gasteiger partial charge in [0.25, 0.3) is 5.91 Å². The van der Waals surface area contributed by atoms with Crippen molar-refractivity contribution in [3.63, 3.8) is 0 Å². The summed E-state index contributed by atoms with van der Waals surface area (Å²) in [6, 6.07) is 18.7. The largest absolute Gasteiger partial charge is 0.329 e. The Balaban J connectivity index is 1.57. The third kappa shape index (κ3) is 4.32. The number of anilines is 1. The zero-order valence-corrected chi connectivity index (χ0v) is 19.0. The van der Waals surface area contributed by atoms with Gasteiger partial charge in [-0.05, 0) is 55.7 Å². The standard InChI is InChI=1S/C25H22Cl2N2O2/c1-15-8-16(2)10-19(9-15)18-6-4-17(5-7-18)14-25(3)23(30)29(24(31)28-25)22-12-20(26)11-21(27)13-22/h4-13H,14H2,1-3H3,(H,28,31). The quantitative estimate of drug-likeness (QED) is 0.469. The van der Waals surface area contributed by atoms with Crippen molar-refractivity contribution in [3.8, 4) is 11.1 Å². The summed E-state index contributed by atoms with van der Waals surface area (Å²) in [6.45, 7) is 5.90. The minimum absolute atomic E-state index is 0.339. The van der Waals surface area contributed by atoms with Crippen LogP contribution in [-0.2, 0) is 11.2 Å². The first-order valence-electron chi connectivity index (χ1n) is 9.95. The van der Waals surface area contributed by atoms with Crippen LogP contribution in [0.5, 0.6) is 0 Å². The van der Waals surface area contributed by atoms with E-state index in [0.29, 0.717) is 22.2 Å². The van der Waals surface area contributed by atoms with Crippen molar-refractivity contribution in [1.29, 1.82) is 0 Å². The molecule has 3 aromatic rings. The Labute approximate surface area is 191 Å². The number of benzene rings is 3. The van der Waals surface area contributed by atoms with E-state index in [2.05, 4.69) is 37.4 Å². The van der Waals surface area contributed by atoms with Gasteiger partial charge < -0.3 is 5.32 Å². The minimum atomic E-state index is -1.06. The van der Waals surface area contributed by atoms with Crippen molar-refractivity contribution < 1.29 is 9.59 Å². The van der Waals surface area contributed by atoms with Crippen molar-refractivity contribution >= 4 is 40.8 Å². The summed E-state index contributed by atoms with van der Waals surface area (Å²) in [5, 5.41) is 3.55. The number of hydrogen-bond acceptors (Lipinski definition) is 2. The molecule has 3 aromatic carbocycles. The number of carbonyl (C=O) groups excluding carboxylic acids is 2. The fraction of sp³-hybridized carbons (Fsp3) is 0.200. The molecule has 0 spiro atoms. The molecule has 1 fully saturated rings. The molecule has 0 aliphatic carbocycles. The Morgan fingerprint density at radius 1 is 0.839 bits per heavy atom. The molecule has 1 N–H and O–H groups in total. The van der Waals surface area contributed by atoms with Crippen LogP contribution >= 0.6 is 23.2 Å². The third-order valence-corrected chi connectivity index (χ3v) is 5.87. The number of nitrogens with one attached hydrogen (secondary N) is 1. The van der Waals surface area contributed by atoms with Gasteiger partial charge in [-0.15, -0.1) is 0 Å². The maximum atomic E-state index is 13.2. The van der Waals surface area contributed by atoms with Crippen LogP contribution < -0.4 is 10.2 Å². The van der Waals surface area contributed by atoms with E-state index in [0.717, 1.165) is 21.6 Å². The Morgan fingerprint density at radius 2 is 1.42 bits per heavy atom. The number of hydrogen-bond donors (Lipinski definition) is 1. The van der Waals surface area contributed by atoms with Gasteiger partial charge in [0.05, 0.1) is 5.69 Å². The lowest BCUT2D eigenvalue weighted by Gasteiger charge is -2.22. The number of urea groups is 1. The fourth-order valence-corrected chi connectivity index (χ4v) is 4.59. The van der Waals surface area contributed by atoms with Gasteiger partial charge in [-0.25, -0.2) is 9.69 Å². The van der Waals surface area contributed by atoms with Crippen LogP contribution in [0.4, 0.5) is 10.5 Å². The molecule has 1 aliphatic rings. The monoisotopic (exact) mass is 452 g/mol. The van der Waals surface area contributed by atoms with Crippen LogP contribution in [0.3, 0.4) is 0 Å². The van der Waals surface area contributed by atoms with Crippen LogP contribution in [0.25, 0.3) is 11.1 Å². The van der Waals surface area contributed by atoms with Crippen molar-refractivity contribution in [1.82, 2.24) is 5.32 Å². The molecule has 1 heterocycles. The van der Waals surface area contributed by atoms with Gasteiger partial charge in [-0.1, -0.05) is 76.8 Å². The molecular formula is C25H22Cl2N2O2. The first kappa shape index (κ1) is 21.4. The minimum Gasteiger partial charge on any atom is -0.323 e. The lowest BCUT2D eigenvalue weighted by Crippen LogP contribution is -2.46. The predicted octanol–water partition coefficient (Wildman–Crippen LogP) is 6.33. The molecule has 6 heteroatoms. The van der Waals surface area contributed by atoms with E-state index in [1.807, 2.05) is 24.3 Å². The van der Waals surface area contributed by atoms with E-state index < -0.39 is 11.6 Å². The van der Waals surface area contributed by atoms with Gasteiger partial charge in [-0.3, -0.25) is 4.79 Å². The molecule has 0 saturated carbocycles. The summed E-state index contributed by atoms with van der Waals surface area (Å²) < 4.78 is 0. The average Bonchev–Trinajstić information content (AvgIpc) is 2.89. The average molecular weight is 453 g/mol. The number of imide groups is 1. The maximum Gasteiger partial charge on any atom is 0.329 e. The fourth-order valence-electron chi connectivity index (χ4n) is 4.07. The normalized spacial score (nSPS) is 18.4. The topological polar surface area (TPSA) is 49.4 Å². The first-order valence-corrected chi connectivity index (χ1v) is 10.7. The van der Waals surface area contributed by atoms with E-state index in [1.165, 1.54) is 11.1 Å². The number of nitrogens with zero attached hydrogens (tertiary/aromatic N) is 1. The molecule has 158 valence electrons. The molecule has 1 saturated heterocycles. The second-order valence-corrected chi connectivity index (χ2v) is 9.15. The number of rotatable bonds is 4. The van der Waals surface area contributed by atoms with E-state index in [1.54, 1.807) is 25.1 Å². The van der Waals surface area contributed by atoms with Crippen LogP contribution in [0.15, 0.2) is 60.7 Å². The van der Waals surface area contributed by atoms with Gasteiger partial charge in [-0.2, -0.15) is 0 Å². The van der Waals surface area contributed by atoms with E-state index in [-0.39, 0.29) is 5.91 Å². The summed E-state index contributed by atoms with van der Waals surface area (Å²) in [6.07, 6.45) is 0.371.